The standard InChI is InChI=1S/C14H28N2O/c1-17-12-11-15-8-6-7-14(13-15)16-9-4-2-3-5-10-16/h14H,2-13H2,1H3/t14-/m1/s1. The molecule has 0 spiro atoms. The summed E-state index contributed by atoms with van der Waals surface area (Å²) in [5.41, 5.74) is 0. The molecule has 2 aliphatic rings. The van der Waals surface area contributed by atoms with Gasteiger partial charge in [-0.05, 0) is 45.3 Å². The van der Waals surface area contributed by atoms with Crippen LogP contribution in [0.2, 0.25) is 0 Å². The molecule has 0 bridgehead atoms. The van der Waals surface area contributed by atoms with Gasteiger partial charge in [0, 0.05) is 26.2 Å². The van der Waals surface area contributed by atoms with Gasteiger partial charge >= 0.3 is 0 Å². The SMILES string of the molecule is COCCN1CCC[C@@H](N2CCCCCC2)C1. The maximum atomic E-state index is 5.19. The van der Waals surface area contributed by atoms with Crippen LogP contribution in [0.15, 0.2) is 0 Å². The largest absolute Gasteiger partial charge is 0.383 e. The molecule has 17 heavy (non-hydrogen) atoms. The van der Waals surface area contributed by atoms with Crippen molar-refractivity contribution in [1.82, 2.24) is 9.80 Å². The van der Waals surface area contributed by atoms with E-state index in [1.807, 2.05) is 0 Å². The molecular weight excluding hydrogens is 212 g/mol. The zero-order valence-corrected chi connectivity index (χ0v) is 11.4. The lowest BCUT2D eigenvalue weighted by Gasteiger charge is -2.39. The summed E-state index contributed by atoms with van der Waals surface area (Å²) in [7, 11) is 1.80. The Labute approximate surface area is 106 Å². The molecular formula is C14H28N2O. The molecule has 2 saturated heterocycles. The van der Waals surface area contributed by atoms with E-state index in [2.05, 4.69) is 9.80 Å². The molecule has 0 aromatic heterocycles. The van der Waals surface area contributed by atoms with E-state index >= 15 is 0 Å². The lowest BCUT2D eigenvalue weighted by Crippen LogP contribution is -2.48. The lowest BCUT2D eigenvalue weighted by atomic mass is 10.0. The second-order valence-corrected chi connectivity index (χ2v) is 5.54. The van der Waals surface area contributed by atoms with Gasteiger partial charge in [-0.3, -0.25) is 9.80 Å². The van der Waals surface area contributed by atoms with Crippen LogP contribution >= 0.6 is 0 Å². The first kappa shape index (κ1) is 13.3. The van der Waals surface area contributed by atoms with Gasteiger partial charge in [-0.15, -0.1) is 0 Å². The number of ether oxygens (including phenoxy) is 1. The Kier molecular flexibility index (Phi) is 5.75. The van der Waals surface area contributed by atoms with Crippen molar-refractivity contribution in [1.29, 1.82) is 0 Å². The first-order chi connectivity index (χ1) is 8.40. The lowest BCUT2D eigenvalue weighted by molar-refractivity contribution is 0.0775. The number of hydrogen-bond acceptors (Lipinski definition) is 3. The molecule has 0 unspecified atom stereocenters. The van der Waals surface area contributed by atoms with Crippen molar-refractivity contribution in [3.8, 4) is 0 Å². The van der Waals surface area contributed by atoms with E-state index in [1.165, 1.54) is 64.7 Å². The molecule has 0 aliphatic carbocycles. The topological polar surface area (TPSA) is 15.7 Å². The number of hydrogen-bond donors (Lipinski definition) is 0. The number of nitrogens with zero attached hydrogens (tertiary/aromatic N) is 2. The highest BCUT2D eigenvalue weighted by Crippen LogP contribution is 2.19. The summed E-state index contributed by atoms with van der Waals surface area (Å²) in [6.45, 7) is 7.20. The Morgan fingerprint density at radius 3 is 2.47 bits per heavy atom. The van der Waals surface area contributed by atoms with Crippen molar-refractivity contribution in [3.05, 3.63) is 0 Å². The van der Waals surface area contributed by atoms with Gasteiger partial charge < -0.3 is 4.74 Å². The normalized spacial score (nSPS) is 29.1. The Morgan fingerprint density at radius 2 is 1.76 bits per heavy atom. The third-order valence-corrected chi connectivity index (χ3v) is 4.25. The molecule has 100 valence electrons. The van der Waals surface area contributed by atoms with Crippen molar-refractivity contribution < 1.29 is 4.74 Å². The zero-order valence-electron chi connectivity index (χ0n) is 11.4. The van der Waals surface area contributed by atoms with E-state index < -0.39 is 0 Å². The van der Waals surface area contributed by atoms with Crippen LogP contribution in [-0.4, -0.2) is 62.3 Å². The number of rotatable bonds is 4. The average molecular weight is 240 g/mol. The van der Waals surface area contributed by atoms with Gasteiger partial charge in [-0.2, -0.15) is 0 Å². The summed E-state index contributed by atoms with van der Waals surface area (Å²) in [6, 6.07) is 0.818. The van der Waals surface area contributed by atoms with E-state index in [0.29, 0.717) is 0 Å². The molecule has 0 aromatic carbocycles. The fraction of sp³-hybridized carbons (Fsp3) is 1.00. The number of piperidine rings is 1. The van der Waals surface area contributed by atoms with E-state index in [4.69, 9.17) is 4.74 Å². The van der Waals surface area contributed by atoms with Crippen molar-refractivity contribution in [2.45, 2.75) is 44.6 Å². The van der Waals surface area contributed by atoms with Crippen LogP contribution in [0.25, 0.3) is 0 Å². The fourth-order valence-corrected chi connectivity index (χ4v) is 3.21. The molecule has 2 fully saturated rings. The molecule has 1 atom stereocenters. The van der Waals surface area contributed by atoms with Crippen LogP contribution in [0, 0.1) is 0 Å². The van der Waals surface area contributed by atoms with Crippen LogP contribution in [0.1, 0.15) is 38.5 Å². The highest BCUT2D eigenvalue weighted by atomic mass is 16.5. The van der Waals surface area contributed by atoms with Gasteiger partial charge in [0.05, 0.1) is 6.61 Å². The minimum absolute atomic E-state index is 0.818. The van der Waals surface area contributed by atoms with Crippen molar-refractivity contribution in [2.75, 3.05) is 46.4 Å². The van der Waals surface area contributed by atoms with E-state index in [9.17, 15) is 0 Å². The summed E-state index contributed by atoms with van der Waals surface area (Å²) in [5, 5.41) is 0. The van der Waals surface area contributed by atoms with Gasteiger partial charge in [0.15, 0.2) is 0 Å². The molecule has 3 nitrogen and oxygen atoms in total. The maximum absolute atomic E-state index is 5.19. The first-order valence-electron chi connectivity index (χ1n) is 7.35. The van der Waals surface area contributed by atoms with Gasteiger partial charge in [0.2, 0.25) is 0 Å². The monoisotopic (exact) mass is 240 g/mol. The fourth-order valence-electron chi connectivity index (χ4n) is 3.21. The third kappa shape index (κ3) is 4.23. The second kappa shape index (κ2) is 7.34. The molecule has 0 aromatic rings. The second-order valence-electron chi connectivity index (χ2n) is 5.54. The summed E-state index contributed by atoms with van der Waals surface area (Å²) < 4.78 is 5.19. The van der Waals surface area contributed by atoms with Crippen LogP contribution in [0.5, 0.6) is 0 Å². The summed E-state index contributed by atoms with van der Waals surface area (Å²) in [5.74, 6) is 0. The predicted molar refractivity (Wildman–Crippen MR) is 71.4 cm³/mol. The molecule has 2 aliphatic heterocycles. The minimum Gasteiger partial charge on any atom is -0.383 e. The molecule has 0 radical (unpaired) electrons. The maximum Gasteiger partial charge on any atom is 0.0589 e. The Balaban J connectivity index is 1.78. The molecule has 0 amide bonds. The average Bonchev–Trinajstić information content (AvgIpc) is 2.65. The predicted octanol–water partition coefficient (Wildman–Crippen LogP) is 1.97. The third-order valence-electron chi connectivity index (χ3n) is 4.25. The Bertz CT molecular complexity index is 202. The van der Waals surface area contributed by atoms with E-state index in [1.54, 1.807) is 7.11 Å². The molecule has 0 saturated carbocycles. The summed E-state index contributed by atoms with van der Waals surface area (Å²) in [4.78, 5) is 5.34. The molecule has 2 rings (SSSR count). The highest BCUT2D eigenvalue weighted by molar-refractivity contribution is 4.81. The summed E-state index contributed by atoms with van der Waals surface area (Å²) in [6.07, 6.45) is 8.48. The van der Waals surface area contributed by atoms with Crippen molar-refractivity contribution in [2.24, 2.45) is 0 Å². The van der Waals surface area contributed by atoms with Gasteiger partial charge in [-0.1, -0.05) is 12.8 Å². The Hall–Kier alpha value is -0.120. The number of methoxy groups -OCH3 is 1. The highest BCUT2D eigenvalue weighted by Gasteiger charge is 2.25. The van der Waals surface area contributed by atoms with E-state index in [0.717, 1.165) is 19.2 Å². The van der Waals surface area contributed by atoms with Crippen LogP contribution in [0.3, 0.4) is 0 Å². The van der Waals surface area contributed by atoms with Crippen molar-refractivity contribution >= 4 is 0 Å². The first-order valence-corrected chi connectivity index (χ1v) is 7.35. The van der Waals surface area contributed by atoms with E-state index in [-0.39, 0.29) is 0 Å². The van der Waals surface area contributed by atoms with Crippen LogP contribution in [0.4, 0.5) is 0 Å². The van der Waals surface area contributed by atoms with Crippen LogP contribution in [-0.2, 0) is 4.74 Å². The zero-order chi connectivity index (χ0) is 11.9. The van der Waals surface area contributed by atoms with Crippen LogP contribution < -0.4 is 0 Å². The number of likely N-dealkylation sites (tertiary alicyclic amines) is 2. The smallest absolute Gasteiger partial charge is 0.0589 e. The van der Waals surface area contributed by atoms with Gasteiger partial charge in [0.25, 0.3) is 0 Å². The molecule has 2 heterocycles. The minimum atomic E-state index is 0.818. The quantitative estimate of drug-likeness (QED) is 0.747. The van der Waals surface area contributed by atoms with Crippen molar-refractivity contribution in [3.63, 3.8) is 0 Å². The Morgan fingerprint density at radius 1 is 1.00 bits per heavy atom. The molecule has 3 heteroatoms. The van der Waals surface area contributed by atoms with Gasteiger partial charge in [0.1, 0.15) is 0 Å². The summed E-state index contributed by atoms with van der Waals surface area (Å²) >= 11 is 0. The molecule has 0 N–H and O–H groups in total. The van der Waals surface area contributed by atoms with Gasteiger partial charge in [-0.25, -0.2) is 0 Å².